The largest absolute Gasteiger partial charge is 0.369 e. The van der Waals surface area contributed by atoms with Crippen molar-refractivity contribution in [2.75, 3.05) is 14.1 Å². The predicted molar refractivity (Wildman–Crippen MR) is 68.2 cm³/mol. The van der Waals surface area contributed by atoms with Gasteiger partial charge in [-0.2, -0.15) is 5.26 Å². The number of hydrogen-bond donors (Lipinski definition) is 0. The Morgan fingerprint density at radius 1 is 1.41 bits per heavy atom. The quantitative estimate of drug-likeness (QED) is 0.367. The predicted octanol–water partition coefficient (Wildman–Crippen LogP) is 2.92. The number of halogens is 2. The number of Topliss-reactive ketones (excluding diaryl/α,β-unsaturated/α-hetero) is 1. The van der Waals surface area contributed by atoms with Crippen LogP contribution in [0, 0.1) is 11.3 Å². The molecule has 0 saturated heterocycles. The van der Waals surface area contributed by atoms with Gasteiger partial charge in [0.1, 0.15) is 11.8 Å². The third-order valence-corrected chi connectivity index (χ3v) is 2.37. The monoisotopic (exact) mass is 269 g/mol. The molecule has 0 saturated carbocycles. The molecule has 1 aromatic rings. The van der Waals surface area contributed by atoms with Crippen LogP contribution in [0.15, 0.2) is 17.1 Å². The lowest BCUT2D eigenvalue weighted by molar-refractivity contribution is 0.105. The zero-order chi connectivity index (χ0) is 13.0. The molecular weight excluding hydrogens is 261 g/mol. The molecule has 0 heterocycles. The van der Waals surface area contributed by atoms with Gasteiger partial charge in [-0.05, 0) is 12.1 Å². The van der Waals surface area contributed by atoms with Crippen molar-refractivity contribution in [2.45, 2.75) is 0 Å². The molecule has 0 atom stereocenters. The summed E-state index contributed by atoms with van der Waals surface area (Å²) in [7, 11) is 3.61. The standard InChI is InChI=1S/C11H9Cl2N3O/c1-16(2)6-15-11-8(12)3-7(4-9(11)13)10(17)5-14/h3-4,6H,1-2H3/b15-6+. The van der Waals surface area contributed by atoms with Gasteiger partial charge >= 0.3 is 0 Å². The number of ketones is 1. The fraction of sp³-hybridized carbons (Fsp3) is 0.182. The second-order valence-corrected chi connectivity index (χ2v) is 4.25. The minimum absolute atomic E-state index is 0.159. The summed E-state index contributed by atoms with van der Waals surface area (Å²) >= 11 is 11.9. The van der Waals surface area contributed by atoms with Crippen molar-refractivity contribution in [3.8, 4) is 6.07 Å². The van der Waals surface area contributed by atoms with Crippen LogP contribution in [-0.2, 0) is 0 Å². The minimum atomic E-state index is -0.683. The molecule has 17 heavy (non-hydrogen) atoms. The summed E-state index contributed by atoms with van der Waals surface area (Å²) in [4.78, 5) is 17.0. The second kappa shape index (κ2) is 5.67. The van der Waals surface area contributed by atoms with E-state index in [-0.39, 0.29) is 15.6 Å². The van der Waals surface area contributed by atoms with E-state index in [0.717, 1.165) is 0 Å². The Morgan fingerprint density at radius 2 is 1.94 bits per heavy atom. The van der Waals surface area contributed by atoms with E-state index in [1.165, 1.54) is 18.2 Å². The molecule has 0 fully saturated rings. The van der Waals surface area contributed by atoms with Crippen molar-refractivity contribution in [2.24, 2.45) is 4.99 Å². The molecule has 88 valence electrons. The summed E-state index contributed by atoms with van der Waals surface area (Å²) in [6, 6.07) is 4.26. The summed E-state index contributed by atoms with van der Waals surface area (Å²) in [6.07, 6.45) is 1.54. The van der Waals surface area contributed by atoms with E-state index >= 15 is 0 Å². The maximum atomic E-state index is 11.2. The topological polar surface area (TPSA) is 56.5 Å². The van der Waals surface area contributed by atoms with E-state index in [1.807, 2.05) is 0 Å². The van der Waals surface area contributed by atoms with E-state index in [2.05, 4.69) is 4.99 Å². The lowest BCUT2D eigenvalue weighted by Crippen LogP contribution is -2.07. The van der Waals surface area contributed by atoms with Crippen LogP contribution >= 0.6 is 23.2 Å². The van der Waals surface area contributed by atoms with Crippen LogP contribution < -0.4 is 0 Å². The van der Waals surface area contributed by atoms with Gasteiger partial charge in [-0.25, -0.2) is 4.99 Å². The number of rotatable bonds is 3. The van der Waals surface area contributed by atoms with Crippen molar-refractivity contribution in [3.05, 3.63) is 27.7 Å². The molecular formula is C11H9Cl2N3O. The lowest BCUT2D eigenvalue weighted by atomic mass is 10.1. The van der Waals surface area contributed by atoms with Crippen LogP contribution in [0.4, 0.5) is 5.69 Å². The van der Waals surface area contributed by atoms with Gasteiger partial charge in [0.05, 0.1) is 16.4 Å². The molecule has 1 aromatic carbocycles. The molecule has 0 radical (unpaired) electrons. The van der Waals surface area contributed by atoms with Gasteiger partial charge in [-0.1, -0.05) is 23.2 Å². The number of nitrogens with zero attached hydrogens (tertiary/aromatic N) is 3. The normalized spacial score (nSPS) is 10.3. The molecule has 1 rings (SSSR count). The van der Waals surface area contributed by atoms with Gasteiger partial charge < -0.3 is 4.90 Å². The maximum absolute atomic E-state index is 11.2. The van der Waals surface area contributed by atoms with Gasteiger partial charge in [0, 0.05) is 19.7 Å². The van der Waals surface area contributed by atoms with Crippen LogP contribution in [-0.4, -0.2) is 31.1 Å². The zero-order valence-corrected chi connectivity index (χ0v) is 10.7. The Labute approximate surface area is 109 Å². The SMILES string of the molecule is CN(C)/C=N/c1c(Cl)cc(C(=O)C#N)cc1Cl. The molecule has 0 spiro atoms. The molecule has 0 unspecified atom stereocenters. The van der Waals surface area contributed by atoms with E-state index in [4.69, 9.17) is 28.5 Å². The van der Waals surface area contributed by atoms with Crippen LogP contribution in [0.3, 0.4) is 0 Å². The molecule has 0 aliphatic carbocycles. The number of aliphatic imine (C=N–C) groups is 1. The third-order valence-electron chi connectivity index (χ3n) is 1.80. The number of carbonyl (C=O) groups is 1. The molecule has 0 aliphatic rings. The first-order valence-corrected chi connectivity index (χ1v) is 5.35. The smallest absolute Gasteiger partial charge is 0.262 e. The molecule has 0 bridgehead atoms. The number of hydrogen-bond acceptors (Lipinski definition) is 3. The van der Waals surface area contributed by atoms with Crippen molar-refractivity contribution >= 4 is 41.0 Å². The van der Waals surface area contributed by atoms with Crippen molar-refractivity contribution in [1.82, 2.24) is 4.90 Å². The van der Waals surface area contributed by atoms with Crippen LogP contribution in [0.5, 0.6) is 0 Å². The van der Waals surface area contributed by atoms with Crippen molar-refractivity contribution in [1.29, 1.82) is 5.26 Å². The van der Waals surface area contributed by atoms with Gasteiger partial charge in [-0.3, -0.25) is 4.79 Å². The molecule has 0 amide bonds. The Hall–Kier alpha value is -1.57. The van der Waals surface area contributed by atoms with Crippen molar-refractivity contribution in [3.63, 3.8) is 0 Å². The molecule has 4 nitrogen and oxygen atoms in total. The summed E-state index contributed by atoms with van der Waals surface area (Å²) in [6.45, 7) is 0. The number of nitriles is 1. The first-order valence-electron chi connectivity index (χ1n) is 4.59. The second-order valence-electron chi connectivity index (χ2n) is 3.44. The highest BCUT2D eigenvalue weighted by Gasteiger charge is 2.11. The van der Waals surface area contributed by atoms with Gasteiger partial charge in [0.15, 0.2) is 0 Å². The van der Waals surface area contributed by atoms with Gasteiger partial charge in [-0.15, -0.1) is 0 Å². The Kier molecular flexibility index (Phi) is 4.50. The van der Waals surface area contributed by atoms with Crippen LogP contribution in [0.1, 0.15) is 10.4 Å². The zero-order valence-electron chi connectivity index (χ0n) is 9.24. The fourth-order valence-electron chi connectivity index (χ4n) is 1.06. The maximum Gasteiger partial charge on any atom is 0.262 e. The Bertz CT molecular complexity index is 495. The van der Waals surface area contributed by atoms with Crippen LogP contribution in [0.25, 0.3) is 0 Å². The Morgan fingerprint density at radius 3 is 2.35 bits per heavy atom. The Balaban J connectivity index is 3.21. The lowest BCUT2D eigenvalue weighted by Gasteiger charge is -2.06. The third kappa shape index (κ3) is 3.45. The van der Waals surface area contributed by atoms with E-state index in [1.54, 1.807) is 25.3 Å². The van der Waals surface area contributed by atoms with E-state index in [0.29, 0.717) is 5.69 Å². The summed E-state index contributed by atoms with van der Waals surface area (Å²) in [5.74, 6) is -0.683. The van der Waals surface area contributed by atoms with E-state index in [9.17, 15) is 4.79 Å². The van der Waals surface area contributed by atoms with Gasteiger partial charge in [0.25, 0.3) is 5.78 Å². The molecule has 0 N–H and O–H groups in total. The molecule has 0 aromatic heterocycles. The fourth-order valence-corrected chi connectivity index (χ4v) is 1.64. The summed E-state index contributed by atoms with van der Waals surface area (Å²) in [5, 5.41) is 8.95. The number of benzene rings is 1. The highest BCUT2D eigenvalue weighted by Crippen LogP contribution is 2.34. The van der Waals surface area contributed by atoms with Crippen molar-refractivity contribution < 1.29 is 4.79 Å². The van der Waals surface area contributed by atoms with Gasteiger partial charge in [0.2, 0.25) is 0 Å². The van der Waals surface area contributed by atoms with Crippen LogP contribution in [0.2, 0.25) is 10.0 Å². The number of carbonyl (C=O) groups excluding carboxylic acids is 1. The minimum Gasteiger partial charge on any atom is -0.369 e. The highest BCUT2D eigenvalue weighted by atomic mass is 35.5. The average Bonchev–Trinajstić information content (AvgIpc) is 2.26. The molecule has 0 aliphatic heterocycles. The highest BCUT2D eigenvalue weighted by molar-refractivity contribution is 6.39. The summed E-state index contributed by atoms with van der Waals surface area (Å²) in [5.41, 5.74) is 0.530. The average molecular weight is 270 g/mol. The van der Waals surface area contributed by atoms with E-state index < -0.39 is 5.78 Å². The summed E-state index contributed by atoms with van der Waals surface area (Å²) < 4.78 is 0. The molecule has 6 heteroatoms. The first kappa shape index (κ1) is 13.5. The first-order chi connectivity index (χ1) is 7.95.